The molecule has 3 aliphatic rings. The number of aliphatic hydroxyl groups is 1. The fraction of sp³-hybridized carbons (Fsp3) is 0.375. The normalized spacial score (nSPS) is 28.9. The van der Waals surface area contributed by atoms with Gasteiger partial charge in [-0.05, 0) is 75.9 Å². The van der Waals surface area contributed by atoms with E-state index >= 15 is 0 Å². The van der Waals surface area contributed by atoms with Crippen molar-refractivity contribution < 1.29 is 29.0 Å². The van der Waals surface area contributed by atoms with E-state index in [2.05, 4.69) is 5.32 Å². The van der Waals surface area contributed by atoms with Crippen molar-refractivity contribution in [3.05, 3.63) is 88.9 Å². The molecule has 2 aliphatic heterocycles. The van der Waals surface area contributed by atoms with Gasteiger partial charge in [-0.2, -0.15) is 0 Å². The van der Waals surface area contributed by atoms with Crippen molar-refractivity contribution in [2.24, 2.45) is 0 Å². The number of benzene rings is 2. The Balaban J connectivity index is 1.37. The summed E-state index contributed by atoms with van der Waals surface area (Å²) in [4.78, 5) is 28.4. The number of aryl methyl sites for hydroxylation is 2. The third-order valence-electron chi connectivity index (χ3n) is 9.26. The summed E-state index contributed by atoms with van der Waals surface area (Å²) in [6, 6.07) is 11.7. The predicted octanol–water partition coefficient (Wildman–Crippen LogP) is 4.26. The fourth-order valence-corrected chi connectivity index (χ4v) is 7.23. The molecular formula is C32H34N2O6. The molecule has 2 amide bonds. The molecule has 0 radical (unpaired) electrons. The molecule has 2 fully saturated rings. The average molecular weight is 543 g/mol. The first-order valence-corrected chi connectivity index (χ1v) is 13.8. The molecule has 208 valence electrons. The molecule has 8 heteroatoms. The number of rotatable bonds is 4. The second kappa shape index (κ2) is 9.55. The molecule has 1 saturated carbocycles. The topological polar surface area (TPSA) is 112 Å². The van der Waals surface area contributed by atoms with Crippen LogP contribution in [0.5, 0.6) is 11.5 Å². The van der Waals surface area contributed by atoms with Crippen molar-refractivity contribution in [1.82, 2.24) is 10.2 Å². The van der Waals surface area contributed by atoms with Gasteiger partial charge in [-0.15, -0.1) is 0 Å². The molecular weight excluding hydrogens is 508 g/mol. The molecule has 1 saturated heterocycles. The Morgan fingerprint density at radius 2 is 1.88 bits per heavy atom. The van der Waals surface area contributed by atoms with Gasteiger partial charge in [0.25, 0.3) is 5.91 Å². The summed E-state index contributed by atoms with van der Waals surface area (Å²) in [7, 11) is 0. The molecule has 8 nitrogen and oxygen atoms in total. The molecule has 2 aromatic carbocycles. The van der Waals surface area contributed by atoms with Crippen molar-refractivity contribution >= 4 is 17.9 Å². The Morgan fingerprint density at radius 3 is 2.60 bits per heavy atom. The number of furan rings is 1. The summed E-state index contributed by atoms with van der Waals surface area (Å²) in [5.74, 6) is -0.0577. The van der Waals surface area contributed by atoms with Gasteiger partial charge >= 0.3 is 0 Å². The quantitative estimate of drug-likeness (QED) is 0.425. The van der Waals surface area contributed by atoms with Crippen LogP contribution in [0.3, 0.4) is 0 Å². The van der Waals surface area contributed by atoms with Gasteiger partial charge in [0, 0.05) is 29.3 Å². The number of nitrogens with zero attached hydrogens (tertiary/aromatic N) is 1. The van der Waals surface area contributed by atoms with Crippen LogP contribution >= 0.6 is 0 Å². The summed E-state index contributed by atoms with van der Waals surface area (Å²) in [6.07, 6.45) is 6.80. The van der Waals surface area contributed by atoms with Gasteiger partial charge in [0.2, 0.25) is 5.91 Å². The zero-order valence-corrected chi connectivity index (χ0v) is 22.9. The predicted molar refractivity (Wildman–Crippen MR) is 149 cm³/mol. The first-order valence-electron chi connectivity index (χ1n) is 13.8. The first-order chi connectivity index (χ1) is 19.2. The van der Waals surface area contributed by atoms with Crippen LogP contribution in [0.2, 0.25) is 0 Å². The minimum Gasteiger partial charge on any atom is -0.504 e. The lowest BCUT2D eigenvalue weighted by Gasteiger charge is -2.61. The van der Waals surface area contributed by atoms with Crippen LogP contribution in [-0.4, -0.2) is 57.3 Å². The zero-order chi connectivity index (χ0) is 28.2. The highest BCUT2D eigenvalue weighted by molar-refractivity contribution is 5.95. The smallest absolute Gasteiger partial charge is 0.254 e. The van der Waals surface area contributed by atoms with Gasteiger partial charge in [0.1, 0.15) is 6.10 Å². The molecule has 1 spiro atoms. The number of carbonyl (C=O) groups excluding carboxylic acids is 2. The van der Waals surface area contributed by atoms with Gasteiger partial charge in [0.15, 0.2) is 11.5 Å². The number of aromatic hydroxyl groups is 1. The number of fused-ring (bicyclic) bond motifs is 1. The third kappa shape index (κ3) is 3.84. The maximum Gasteiger partial charge on any atom is 0.254 e. The van der Waals surface area contributed by atoms with Crippen LogP contribution in [-0.2, 0) is 10.2 Å². The van der Waals surface area contributed by atoms with Crippen molar-refractivity contribution in [2.45, 2.75) is 69.2 Å². The first kappa shape index (κ1) is 26.2. The van der Waals surface area contributed by atoms with E-state index < -0.39 is 29.2 Å². The van der Waals surface area contributed by atoms with Crippen LogP contribution in [0.4, 0.5) is 0 Å². The van der Waals surface area contributed by atoms with E-state index in [4.69, 9.17) is 9.15 Å². The number of hydrogen-bond donors (Lipinski definition) is 3. The molecule has 40 heavy (non-hydrogen) atoms. The number of carbonyl (C=O) groups is 2. The van der Waals surface area contributed by atoms with E-state index in [9.17, 15) is 19.8 Å². The standard InChI is InChI=1S/C32H34N2O6/c1-19-4-8-23(9-5-19)30(37)34-16-15-31-27-20(2)6-10-25(35)28(27)40-29(31)24(12-14-32(31,38)21(34)3)33-26(36)11-7-22-13-17-39-18-22/h4-11,13,17-18,21,24,29,35,38H,12,14-16H2,1-3H3,(H,33,36)/b11-7+/t21?,24-,29+,31+,32-/m1/s1. The van der Waals surface area contributed by atoms with E-state index in [0.29, 0.717) is 37.1 Å². The zero-order valence-electron chi connectivity index (χ0n) is 22.9. The van der Waals surface area contributed by atoms with Crippen molar-refractivity contribution in [3.63, 3.8) is 0 Å². The summed E-state index contributed by atoms with van der Waals surface area (Å²) in [5, 5.41) is 26.6. The lowest BCUT2D eigenvalue weighted by atomic mass is 9.51. The number of likely N-dealkylation sites (tertiary alicyclic amines) is 1. The molecule has 0 bridgehead atoms. The van der Waals surface area contributed by atoms with Crippen LogP contribution in [0.1, 0.15) is 58.8 Å². The third-order valence-corrected chi connectivity index (χ3v) is 9.26. The molecule has 3 aromatic rings. The van der Waals surface area contributed by atoms with Gasteiger partial charge < -0.3 is 29.6 Å². The molecule has 1 aromatic heterocycles. The average Bonchev–Trinajstić information content (AvgIpc) is 3.59. The lowest BCUT2D eigenvalue weighted by molar-refractivity contribution is -0.174. The van der Waals surface area contributed by atoms with E-state index in [1.807, 2.05) is 51.1 Å². The summed E-state index contributed by atoms with van der Waals surface area (Å²) < 4.78 is 11.6. The van der Waals surface area contributed by atoms with Gasteiger partial charge in [-0.3, -0.25) is 9.59 Å². The Hall–Kier alpha value is -4.04. The Kier molecular flexibility index (Phi) is 6.26. The van der Waals surface area contributed by atoms with E-state index in [1.54, 1.807) is 35.6 Å². The fourth-order valence-electron chi connectivity index (χ4n) is 7.23. The number of phenols is 1. The van der Waals surface area contributed by atoms with Crippen molar-refractivity contribution in [2.75, 3.05) is 6.54 Å². The monoisotopic (exact) mass is 542 g/mol. The van der Waals surface area contributed by atoms with Crippen molar-refractivity contribution in [3.8, 4) is 11.5 Å². The van der Waals surface area contributed by atoms with Gasteiger partial charge in [0.05, 0.1) is 35.6 Å². The summed E-state index contributed by atoms with van der Waals surface area (Å²) >= 11 is 0. The molecule has 6 rings (SSSR count). The molecule has 1 unspecified atom stereocenters. The van der Waals surface area contributed by atoms with Crippen LogP contribution in [0.25, 0.3) is 6.08 Å². The lowest BCUT2D eigenvalue weighted by Crippen LogP contribution is -2.76. The Labute approximate surface area is 233 Å². The highest BCUT2D eigenvalue weighted by Crippen LogP contribution is 2.62. The number of amides is 2. The highest BCUT2D eigenvalue weighted by Gasteiger charge is 2.70. The Morgan fingerprint density at radius 1 is 1.10 bits per heavy atom. The van der Waals surface area contributed by atoms with Gasteiger partial charge in [-0.25, -0.2) is 0 Å². The molecule has 3 N–H and O–H groups in total. The second-order valence-electron chi connectivity index (χ2n) is 11.4. The molecule has 5 atom stereocenters. The van der Waals surface area contributed by atoms with E-state index in [-0.39, 0.29) is 17.6 Å². The molecule has 1 aliphatic carbocycles. The van der Waals surface area contributed by atoms with Crippen LogP contribution < -0.4 is 10.1 Å². The maximum absolute atomic E-state index is 13.6. The van der Waals surface area contributed by atoms with E-state index in [0.717, 1.165) is 22.3 Å². The van der Waals surface area contributed by atoms with Gasteiger partial charge in [-0.1, -0.05) is 23.8 Å². The summed E-state index contributed by atoms with van der Waals surface area (Å²) in [5.41, 5.74) is 1.80. The number of phenolic OH excluding ortho intramolecular Hbond substituents is 1. The number of nitrogens with one attached hydrogen (secondary N) is 1. The van der Waals surface area contributed by atoms with Crippen molar-refractivity contribution in [1.29, 1.82) is 0 Å². The second-order valence-corrected chi connectivity index (χ2v) is 11.4. The summed E-state index contributed by atoms with van der Waals surface area (Å²) in [6.45, 7) is 6.21. The largest absolute Gasteiger partial charge is 0.504 e. The minimum atomic E-state index is -1.35. The number of piperidine rings is 1. The molecule has 3 heterocycles. The highest BCUT2D eigenvalue weighted by atomic mass is 16.5. The van der Waals surface area contributed by atoms with Crippen LogP contribution in [0, 0.1) is 13.8 Å². The van der Waals surface area contributed by atoms with E-state index in [1.165, 1.54) is 6.08 Å². The maximum atomic E-state index is 13.6. The SMILES string of the molecule is Cc1ccc(C(=O)N2CC[C@]34c5c(C)ccc(O)c5O[C@H]3[C@H](NC(=O)/C=C/c3ccoc3)CC[C@@]4(O)C2C)cc1. The number of hydrogen-bond acceptors (Lipinski definition) is 6. The minimum absolute atomic E-state index is 0.00229. The number of ether oxygens (including phenoxy) is 1. The Bertz CT molecular complexity index is 1480. The van der Waals surface area contributed by atoms with Crippen LogP contribution in [0.15, 0.2) is 65.5 Å².